The predicted molar refractivity (Wildman–Crippen MR) is 45.7 cm³/mol. The summed E-state index contributed by atoms with van der Waals surface area (Å²) in [4.78, 5) is 23.7. The number of hydrogen-bond donors (Lipinski definition) is 0. The van der Waals surface area contributed by atoms with Gasteiger partial charge >= 0.3 is 0 Å². The Morgan fingerprint density at radius 1 is 1.67 bits per heavy atom. The molecule has 68 valence electrons. The number of carbonyl (C=O) groups is 2. The summed E-state index contributed by atoms with van der Waals surface area (Å²) < 4.78 is 0. The maximum Gasteiger partial charge on any atom is 0.222 e. The van der Waals surface area contributed by atoms with E-state index in [2.05, 4.69) is 6.92 Å². The maximum absolute atomic E-state index is 11.2. The molecule has 3 heteroatoms. The van der Waals surface area contributed by atoms with Crippen molar-refractivity contribution in [2.45, 2.75) is 26.7 Å². The lowest BCUT2D eigenvalue weighted by atomic mass is 10.00. The van der Waals surface area contributed by atoms with Crippen molar-refractivity contribution in [1.29, 1.82) is 0 Å². The van der Waals surface area contributed by atoms with Gasteiger partial charge in [-0.3, -0.25) is 9.59 Å². The van der Waals surface area contributed by atoms with E-state index in [9.17, 15) is 9.59 Å². The normalized spacial score (nSPS) is 24.3. The van der Waals surface area contributed by atoms with Crippen LogP contribution in [0.1, 0.15) is 26.7 Å². The van der Waals surface area contributed by atoms with Gasteiger partial charge in [0, 0.05) is 13.0 Å². The van der Waals surface area contributed by atoms with E-state index in [1.165, 1.54) is 6.92 Å². The zero-order chi connectivity index (χ0) is 9.14. The van der Waals surface area contributed by atoms with E-state index in [4.69, 9.17) is 0 Å². The van der Waals surface area contributed by atoms with Gasteiger partial charge in [-0.15, -0.1) is 0 Å². The Bertz CT molecular complexity index is 201. The fourth-order valence-electron chi connectivity index (χ4n) is 1.52. The van der Waals surface area contributed by atoms with Crippen LogP contribution >= 0.6 is 0 Å². The summed E-state index contributed by atoms with van der Waals surface area (Å²) in [6, 6.07) is 0. The van der Waals surface area contributed by atoms with Crippen LogP contribution in [0.3, 0.4) is 0 Å². The largest absolute Gasteiger partial charge is 0.335 e. The molecule has 1 saturated heterocycles. The highest BCUT2D eigenvalue weighted by atomic mass is 16.2. The summed E-state index contributed by atoms with van der Waals surface area (Å²) >= 11 is 0. The van der Waals surface area contributed by atoms with Gasteiger partial charge in [0.1, 0.15) is 5.78 Å². The van der Waals surface area contributed by atoms with Crippen molar-refractivity contribution in [1.82, 2.24) is 4.90 Å². The summed E-state index contributed by atoms with van der Waals surface area (Å²) in [5.41, 5.74) is 0. The summed E-state index contributed by atoms with van der Waals surface area (Å²) in [6.45, 7) is 4.67. The van der Waals surface area contributed by atoms with Crippen molar-refractivity contribution in [2.75, 3.05) is 13.1 Å². The second-order valence-electron chi connectivity index (χ2n) is 3.62. The number of rotatable bonds is 2. The lowest BCUT2D eigenvalue weighted by molar-refractivity contribution is -0.137. The summed E-state index contributed by atoms with van der Waals surface area (Å²) in [5.74, 6) is 0.739. The van der Waals surface area contributed by atoms with Crippen LogP contribution in [0.25, 0.3) is 0 Å². The molecule has 0 aromatic heterocycles. The molecule has 1 unspecified atom stereocenters. The number of nitrogens with zero attached hydrogens (tertiary/aromatic N) is 1. The molecule has 0 bridgehead atoms. The standard InChI is InChI=1S/C9H15NO2/c1-7-3-4-9(12)10(5-7)6-8(2)11/h7H,3-6H2,1-2H3. The average Bonchev–Trinajstić information content (AvgIpc) is 1.96. The first kappa shape index (κ1) is 9.23. The molecule has 1 fully saturated rings. The molecule has 12 heavy (non-hydrogen) atoms. The third-order valence-corrected chi connectivity index (χ3v) is 2.15. The third kappa shape index (κ3) is 2.32. The van der Waals surface area contributed by atoms with E-state index in [0.29, 0.717) is 18.9 Å². The molecule has 0 aliphatic carbocycles. The Hall–Kier alpha value is -0.860. The van der Waals surface area contributed by atoms with Crippen LogP contribution in [0.15, 0.2) is 0 Å². The van der Waals surface area contributed by atoms with Gasteiger partial charge in [-0.25, -0.2) is 0 Å². The first-order valence-electron chi connectivity index (χ1n) is 4.37. The molecule has 0 radical (unpaired) electrons. The molecule has 3 nitrogen and oxygen atoms in total. The van der Waals surface area contributed by atoms with Crippen molar-refractivity contribution in [2.24, 2.45) is 5.92 Å². The Labute approximate surface area is 72.7 Å². The van der Waals surface area contributed by atoms with Crippen LogP contribution in [0.4, 0.5) is 0 Å². The molecule has 1 atom stereocenters. The number of ketones is 1. The Morgan fingerprint density at radius 2 is 2.33 bits per heavy atom. The van der Waals surface area contributed by atoms with Crippen molar-refractivity contribution in [3.8, 4) is 0 Å². The number of likely N-dealkylation sites (tertiary alicyclic amines) is 1. The van der Waals surface area contributed by atoms with Crippen molar-refractivity contribution < 1.29 is 9.59 Å². The van der Waals surface area contributed by atoms with Crippen molar-refractivity contribution >= 4 is 11.7 Å². The van der Waals surface area contributed by atoms with Crippen molar-refractivity contribution in [3.63, 3.8) is 0 Å². The third-order valence-electron chi connectivity index (χ3n) is 2.15. The van der Waals surface area contributed by atoms with Crippen molar-refractivity contribution in [3.05, 3.63) is 0 Å². The minimum atomic E-state index is 0.0671. The topological polar surface area (TPSA) is 37.4 Å². The number of hydrogen-bond acceptors (Lipinski definition) is 2. The van der Waals surface area contributed by atoms with E-state index in [1.807, 2.05) is 0 Å². The van der Waals surface area contributed by atoms with Crippen LogP contribution < -0.4 is 0 Å². The summed E-state index contributed by atoms with van der Waals surface area (Å²) in [6.07, 6.45) is 1.57. The van der Waals surface area contributed by atoms with Gasteiger partial charge in [0.05, 0.1) is 6.54 Å². The highest BCUT2D eigenvalue weighted by Gasteiger charge is 2.23. The Morgan fingerprint density at radius 3 is 2.92 bits per heavy atom. The Balaban J connectivity index is 2.49. The minimum absolute atomic E-state index is 0.0671. The molecule has 1 amide bonds. The summed E-state index contributed by atoms with van der Waals surface area (Å²) in [5, 5.41) is 0. The zero-order valence-corrected chi connectivity index (χ0v) is 7.67. The molecule has 1 heterocycles. The van der Waals surface area contributed by atoms with Gasteiger partial charge < -0.3 is 4.90 Å². The quantitative estimate of drug-likeness (QED) is 0.614. The van der Waals surface area contributed by atoms with Gasteiger partial charge in [-0.2, -0.15) is 0 Å². The first-order valence-corrected chi connectivity index (χ1v) is 4.37. The van der Waals surface area contributed by atoms with E-state index in [1.54, 1.807) is 4.90 Å². The van der Waals surface area contributed by atoms with Gasteiger partial charge in [0.25, 0.3) is 0 Å². The smallest absolute Gasteiger partial charge is 0.222 e. The monoisotopic (exact) mass is 169 g/mol. The molecule has 0 spiro atoms. The second-order valence-corrected chi connectivity index (χ2v) is 3.62. The van der Waals surface area contributed by atoms with Gasteiger partial charge in [-0.1, -0.05) is 6.92 Å². The number of carbonyl (C=O) groups excluding carboxylic acids is 2. The fraction of sp³-hybridized carbons (Fsp3) is 0.778. The lowest BCUT2D eigenvalue weighted by Crippen LogP contribution is -2.41. The number of amides is 1. The second kappa shape index (κ2) is 3.70. The van der Waals surface area contributed by atoms with Gasteiger partial charge in [0.15, 0.2) is 0 Å². The highest BCUT2D eigenvalue weighted by Crippen LogP contribution is 2.16. The highest BCUT2D eigenvalue weighted by molar-refractivity contribution is 5.84. The molecule has 1 aliphatic heterocycles. The Kier molecular flexibility index (Phi) is 2.84. The lowest BCUT2D eigenvalue weighted by Gasteiger charge is -2.29. The molecule has 0 N–H and O–H groups in total. The molecule has 0 saturated carbocycles. The summed E-state index contributed by atoms with van der Waals surface area (Å²) in [7, 11) is 0. The van der Waals surface area contributed by atoms with Gasteiger partial charge in [0.2, 0.25) is 5.91 Å². The number of piperidine rings is 1. The zero-order valence-electron chi connectivity index (χ0n) is 7.67. The number of Topliss-reactive ketones (excluding diaryl/α,β-unsaturated/α-hetero) is 1. The van der Waals surface area contributed by atoms with Crippen LogP contribution in [0.5, 0.6) is 0 Å². The fourth-order valence-corrected chi connectivity index (χ4v) is 1.52. The van der Waals surface area contributed by atoms with Crippen LogP contribution in [-0.2, 0) is 9.59 Å². The molecule has 0 aromatic rings. The molecular formula is C9H15NO2. The SMILES string of the molecule is CC(=O)CN1CC(C)CCC1=O. The van der Waals surface area contributed by atoms with Crippen LogP contribution in [0, 0.1) is 5.92 Å². The average molecular weight is 169 g/mol. The van der Waals surface area contributed by atoms with E-state index in [0.717, 1.165) is 13.0 Å². The first-order chi connectivity index (χ1) is 5.59. The van der Waals surface area contributed by atoms with E-state index in [-0.39, 0.29) is 11.7 Å². The maximum atomic E-state index is 11.2. The van der Waals surface area contributed by atoms with Gasteiger partial charge in [-0.05, 0) is 19.3 Å². The molecule has 0 aromatic carbocycles. The molecular weight excluding hydrogens is 154 g/mol. The van der Waals surface area contributed by atoms with E-state index < -0.39 is 0 Å². The predicted octanol–water partition coefficient (Wildman–Crippen LogP) is 0.834. The van der Waals surface area contributed by atoms with Crippen LogP contribution in [0.2, 0.25) is 0 Å². The molecule has 1 rings (SSSR count). The van der Waals surface area contributed by atoms with E-state index >= 15 is 0 Å². The van der Waals surface area contributed by atoms with Crippen LogP contribution in [-0.4, -0.2) is 29.7 Å². The molecule has 1 aliphatic rings. The minimum Gasteiger partial charge on any atom is -0.335 e.